The number of nitrogens with one attached hydrogen (secondary N) is 1. The lowest BCUT2D eigenvalue weighted by atomic mass is 10.0. The number of sulfonamides is 1. The van der Waals surface area contributed by atoms with E-state index in [2.05, 4.69) is 4.72 Å². The standard InChI is InChI=1S/C16H22N2O5S/c1-12(19)18-7-2-3-13-4-5-14(9-15(13)18)24(21,22)17-10-16(20)6-8-23-11-16/h4-5,9,17,20H,2-3,6-8,10-11H2,1H3. The first-order valence-electron chi connectivity index (χ1n) is 8.02. The fraction of sp³-hybridized carbons (Fsp3) is 0.562. The second-order valence-electron chi connectivity index (χ2n) is 6.42. The van der Waals surface area contributed by atoms with Gasteiger partial charge in [0, 0.05) is 38.7 Å². The third-order valence-corrected chi connectivity index (χ3v) is 5.94. The van der Waals surface area contributed by atoms with Gasteiger partial charge in [-0.2, -0.15) is 0 Å². The molecule has 2 heterocycles. The predicted octanol–water partition coefficient (Wildman–Crippen LogP) is 0.415. The quantitative estimate of drug-likeness (QED) is 0.817. The van der Waals surface area contributed by atoms with E-state index in [1.165, 1.54) is 13.0 Å². The lowest BCUT2D eigenvalue weighted by molar-refractivity contribution is -0.116. The number of benzene rings is 1. The zero-order chi connectivity index (χ0) is 17.4. The van der Waals surface area contributed by atoms with E-state index >= 15 is 0 Å². The Kier molecular flexibility index (Phi) is 4.65. The minimum absolute atomic E-state index is 0.0944. The van der Waals surface area contributed by atoms with Crippen molar-refractivity contribution in [3.05, 3.63) is 23.8 Å². The highest BCUT2D eigenvalue weighted by Crippen LogP contribution is 2.30. The van der Waals surface area contributed by atoms with E-state index in [4.69, 9.17) is 4.74 Å². The maximum Gasteiger partial charge on any atom is 0.240 e. The van der Waals surface area contributed by atoms with Crippen molar-refractivity contribution in [2.24, 2.45) is 0 Å². The van der Waals surface area contributed by atoms with Crippen LogP contribution in [0.3, 0.4) is 0 Å². The summed E-state index contributed by atoms with van der Waals surface area (Å²) in [4.78, 5) is 13.5. The van der Waals surface area contributed by atoms with Gasteiger partial charge in [-0.15, -0.1) is 0 Å². The minimum Gasteiger partial charge on any atom is -0.386 e. The number of anilines is 1. The molecule has 1 fully saturated rings. The van der Waals surface area contributed by atoms with Crippen molar-refractivity contribution in [1.29, 1.82) is 0 Å². The maximum absolute atomic E-state index is 12.5. The third-order valence-electron chi connectivity index (χ3n) is 4.54. The van der Waals surface area contributed by atoms with Crippen LogP contribution in [-0.4, -0.2) is 51.3 Å². The van der Waals surface area contributed by atoms with Crippen LogP contribution in [0.25, 0.3) is 0 Å². The van der Waals surface area contributed by atoms with Crippen molar-refractivity contribution in [2.45, 2.75) is 36.7 Å². The summed E-state index contributed by atoms with van der Waals surface area (Å²) in [6, 6.07) is 4.83. The molecule has 3 rings (SSSR count). The van der Waals surface area contributed by atoms with E-state index in [1.54, 1.807) is 17.0 Å². The smallest absolute Gasteiger partial charge is 0.240 e. The van der Waals surface area contributed by atoms with Gasteiger partial charge in [0.15, 0.2) is 0 Å². The Hall–Kier alpha value is -1.48. The van der Waals surface area contributed by atoms with E-state index < -0.39 is 15.6 Å². The van der Waals surface area contributed by atoms with Crippen LogP contribution in [0.1, 0.15) is 25.3 Å². The van der Waals surface area contributed by atoms with Crippen molar-refractivity contribution in [2.75, 3.05) is 31.2 Å². The molecule has 0 saturated carbocycles. The van der Waals surface area contributed by atoms with Gasteiger partial charge < -0.3 is 14.7 Å². The van der Waals surface area contributed by atoms with Crippen molar-refractivity contribution in [1.82, 2.24) is 4.72 Å². The molecule has 7 nitrogen and oxygen atoms in total. The summed E-state index contributed by atoms with van der Waals surface area (Å²) in [5.74, 6) is -0.101. The second kappa shape index (κ2) is 6.44. The Morgan fingerprint density at radius 1 is 1.46 bits per heavy atom. The Bertz CT molecular complexity index is 741. The fourth-order valence-electron chi connectivity index (χ4n) is 3.10. The van der Waals surface area contributed by atoms with Crippen LogP contribution in [-0.2, 0) is 26.0 Å². The van der Waals surface area contributed by atoms with Gasteiger partial charge in [-0.1, -0.05) is 6.07 Å². The lowest BCUT2D eigenvalue weighted by Crippen LogP contribution is -2.43. The van der Waals surface area contributed by atoms with Crippen molar-refractivity contribution in [3.63, 3.8) is 0 Å². The van der Waals surface area contributed by atoms with Gasteiger partial charge >= 0.3 is 0 Å². The number of amides is 1. The highest BCUT2D eigenvalue weighted by Gasteiger charge is 2.34. The fourth-order valence-corrected chi connectivity index (χ4v) is 4.24. The SMILES string of the molecule is CC(=O)N1CCCc2ccc(S(=O)(=O)NCC3(O)CCOC3)cc21. The molecule has 0 bridgehead atoms. The third kappa shape index (κ3) is 3.46. The number of carbonyl (C=O) groups is 1. The van der Waals surface area contributed by atoms with Crippen LogP contribution >= 0.6 is 0 Å². The Labute approximate surface area is 141 Å². The Morgan fingerprint density at radius 2 is 2.25 bits per heavy atom. The number of hydrogen-bond donors (Lipinski definition) is 2. The topological polar surface area (TPSA) is 95.9 Å². The largest absolute Gasteiger partial charge is 0.386 e. The average molecular weight is 354 g/mol. The van der Waals surface area contributed by atoms with Crippen LogP contribution in [0.15, 0.2) is 23.1 Å². The number of hydrogen-bond acceptors (Lipinski definition) is 5. The van der Waals surface area contributed by atoms with E-state index in [9.17, 15) is 18.3 Å². The van der Waals surface area contributed by atoms with Crippen LogP contribution < -0.4 is 9.62 Å². The molecule has 1 amide bonds. The first-order chi connectivity index (χ1) is 11.3. The van der Waals surface area contributed by atoms with Gasteiger partial charge in [0.2, 0.25) is 15.9 Å². The summed E-state index contributed by atoms with van der Waals surface area (Å²) < 4.78 is 32.6. The maximum atomic E-state index is 12.5. The van der Waals surface area contributed by atoms with Gasteiger partial charge in [0.25, 0.3) is 0 Å². The summed E-state index contributed by atoms with van der Waals surface area (Å²) in [6.45, 7) is 2.52. The summed E-state index contributed by atoms with van der Waals surface area (Å²) in [5.41, 5.74) is 0.463. The average Bonchev–Trinajstić information content (AvgIpc) is 2.99. The van der Waals surface area contributed by atoms with Crippen LogP contribution in [0, 0.1) is 0 Å². The van der Waals surface area contributed by atoms with E-state index in [0.29, 0.717) is 25.3 Å². The number of rotatable bonds is 4. The summed E-state index contributed by atoms with van der Waals surface area (Å²) in [5, 5.41) is 10.2. The van der Waals surface area contributed by atoms with Gasteiger partial charge in [0.05, 0.1) is 11.5 Å². The number of carbonyl (C=O) groups excluding carboxylic acids is 1. The summed E-state index contributed by atoms with van der Waals surface area (Å²) >= 11 is 0. The number of fused-ring (bicyclic) bond motifs is 1. The Balaban J connectivity index is 1.83. The van der Waals surface area contributed by atoms with Crippen LogP contribution in [0.2, 0.25) is 0 Å². The molecule has 1 atom stereocenters. The van der Waals surface area contributed by atoms with Gasteiger partial charge in [-0.25, -0.2) is 13.1 Å². The van der Waals surface area contributed by atoms with Crippen molar-refractivity contribution >= 4 is 21.6 Å². The first kappa shape index (κ1) is 17.3. The Morgan fingerprint density at radius 3 is 2.92 bits per heavy atom. The van der Waals surface area contributed by atoms with Gasteiger partial charge in [-0.05, 0) is 30.5 Å². The molecule has 0 spiro atoms. The zero-order valence-corrected chi connectivity index (χ0v) is 14.4. The normalized spacial score (nSPS) is 24.0. The van der Waals surface area contributed by atoms with E-state index in [1.807, 2.05) is 0 Å². The summed E-state index contributed by atoms with van der Waals surface area (Å²) in [7, 11) is -3.77. The van der Waals surface area contributed by atoms with E-state index in [-0.39, 0.29) is 24.0 Å². The van der Waals surface area contributed by atoms with Crippen LogP contribution in [0.5, 0.6) is 0 Å². The minimum atomic E-state index is -3.77. The molecular weight excluding hydrogens is 332 g/mol. The number of aliphatic hydroxyl groups is 1. The molecule has 8 heteroatoms. The molecule has 1 saturated heterocycles. The second-order valence-corrected chi connectivity index (χ2v) is 8.18. The highest BCUT2D eigenvalue weighted by atomic mass is 32.2. The summed E-state index contributed by atoms with van der Waals surface area (Å²) in [6.07, 6.45) is 2.09. The molecule has 132 valence electrons. The molecule has 0 aromatic heterocycles. The molecule has 1 aromatic carbocycles. The number of ether oxygens (including phenoxy) is 1. The van der Waals surface area contributed by atoms with Crippen molar-refractivity contribution in [3.8, 4) is 0 Å². The van der Waals surface area contributed by atoms with Crippen molar-refractivity contribution < 1.29 is 23.1 Å². The zero-order valence-electron chi connectivity index (χ0n) is 13.6. The molecular formula is C16H22N2O5S. The molecule has 0 radical (unpaired) electrons. The first-order valence-corrected chi connectivity index (χ1v) is 9.50. The highest BCUT2D eigenvalue weighted by molar-refractivity contribution is 7.89. The molecule has 2 aliphatic heterocycles. The molecule has 2 N–H and O–H groups in total. The van der Waals surface area contributed by atoms with Gasteiger partial charge in [-0.3, -0.25) is 4.79 Å². The van der Waals surface area contributed by atoms with Gasteiger partial charge in [0.1, 0.15) is 5.60 Å². The number of aryl methyl sites for hydroxylation is 1. The molecule has 1 aromatic rings. The molecule has 2 aliphatic rings. The predicted molar refractivity (Wildman–Crippen MR) is 88.4 cm³/mol. The molecule has 1 unspecified atom stereocenters. The lowest BCUT2D eigenvalue weighted by Gasteiger charge is -2.29. The monoisotopic (exact) mass is 354 g/mol. The molecule has 0 aliphatic carbocycles. The van der Waals surface area contributed by atoms with Crippen LogP contribution in [0.4, 0.5) is 5.69 Å². The van der Waals surface area contributed by atoms with E-state index in [0.717, 1.165) is 18.4 Å². The molecule has 24 heavy (non-hydrogen) atoms. The number of nitrogens with zero attached hydrogens (tertiary/aromatic N) is 1.